The summed E-state index contributed by atoms with van der Waals surface area (Å²) in [4.78, 5) is 2.12. The quantitative estimate of drug-likeness (QED) is 0.719. The fraction of sp³-hybridized carbons (Fsp3) is 0.750. The summed E-state index contributed by atoms with van der Waals surface area (Å²) in [5.74, 6) is 0. The van der Waals surface area contributed by atoms with Crippen molar-refractivity contribution >= 4 is 11.5 Å². The first kappa shape index (κ1) is 14.6. The molecule has 1 aromatic heterocycles. The van der Waals surface area contributed by atoms with Crippen LogP contribution >= 0.6 is 11.5 Å². The van der Waals surface area contributed by atoms with Gasteiger partial charge in [0, 0.05) is 30.1 Å². The highest BCUT2D eigenvalue weighted by atomic mass is 32.1. The molecule has 1 heterocycles. The molecule has 5 heteroatoms. The monoisotopic (exact) mass is 257 g/mol. The molecule has 1 N–H and O–H groups in total. The summed E-state index contributed by atoms with van der Waals surface area (Å²) in [6.07, 6.45) is 0. The Hall–Kier alpha value is -0.490. The normalized spacial score (nSPS) is 13.2. The summed E-state index contributed by atoms with van der Waals surface area (Å²) < 4.78 is 9.80. The molecule has 0 spiro atoms. The van der Waals surface area contributed by atoms with E-state index in [-0.39, 0.29) is 0 Å². The zero-order chi connectivity index (χ0) is 12.7. The van der Waals surface area contributed by atoms with Crippen LogP contribution in [0.5, 0.6) is 0 Å². The molecule has 0 saturated heterocycles. The van der Waals surface area contributed by atoms with E-state index in [2.05, 4.69) is 47.9 Å². The van der Waals surface area contributed by atoms with Gasteiger partial charge in [-0.15, -0.1) is 0 Å². The van der Waals surface area contributed by atoms with Crippen LogP contribution in [0, 0.1) is 6.92 Å². The fourth-order valence-electron chi connectivity index (χ4n) is 1.52. The van der Waals surface area contributed by atoms with Crippen molar-refractivity contribution < 1.29 is 4.74 Å². The van der Waals surface area contributed by atoms with Crippen LogP contribution < -0.4 is 5.32 Å². The number of nitrogens with zero attached hydrogens (tertiary/aromatic N) is 2. The van der Waals surface area contributed by atoms with Gasteiger partial charge in [-0.25, -0.2) is 0 Å². The van der Waals surface area contributed by atoms with Crippen molar-refractivity contribution in [1.29, 1.82) is 0 Å². The van der Waals surface area contributed by atoms with Crippen LogP contribution in [0.4, 0.5) is 0 Å². The van der Waals surface area contributed by atoms with Crippen molar-refractivity contribution in [2.24, 2.45) is 0 Å². The van der Waals surface area contributed by atoms with Crippen molar-refractivity contribution in [1.82, 2.24) is 14.6 Å². The van der Waals surface area contributed by atoms with E-state index in [1.54, 1.807) is 0 Å². The van der Waals surface area contributed by atoms with Crippen molar-refractivity contribution in [2.45, 2.75) is 19.9 Å². The Morgan fingerprint density at radius 2 is 2.24 bits per heavy atom. The predicted molar refractivity (Wildman–Crippen MR) is 72.6 cm³/mol. The summed E-state index contributed by atoms with van der Waals surface area (Å²) in [5, 5.41) is 5.55. The minimum absolute atomic E-state index is 0.353. The molecule has 17 heavy (non-hydrogen) atoms. The van der Waals surface area contributed by atoms with E-state index < -0.39 is 0 Å². The third-order valence-electron chi connectivity index (χ3n) is 2.63. The highest BCUT2D eigenvalue weighted by Crippen LogP contribution is 2.17. The van der Waals surface area contributed by atoms with Gasteiger partial charge in [-0.05, 0) is 39.5 Å². The molecule has 1 aromatic rings. The Balaban J connectivity index is 2.09. The lowest BCUT2D eigenvalue weighted by molar-refractivity contribution is 0.118. The Labute approximate surface area is 108 Å². The van der Waals surface area contributed by atoms with Gasteiger partial charge in [0.25, 0.3) is 0 Å². The number of aromatic nitrogens is 1. The molecule has 0 aromatic carbocycles. The lowest BCUT2D eigenvalue weighted by Crippen LogP contribution is -2.25. The van der Waals surface area contributed by atoms with Gasteiger partial charge in [0.2, 0.25) is 0 Å². The van der Waals surface area contributed by atoms with Gasteiger partial charge in [-0.3, -0.25) is 0 Å². The summed E-state index contributed by atoms with van der Waals surface area (Å²) in [7, 11) is 4.10. The number of likely N-dealkylation sites (N-methyl/N-ethyl adjacent to an activating group) is 1. The Morgan fingerprint density at radius 1 is 1.47 bits per heavy atom. The first-order valence-corrected chi connectivity index (χ1v) is 6.81. The van der Waals surface area contributed by atoms with Crippen LogP contribution in [-0.4, -0.2) is 49.7 Å². The predicted octanol–water partition coefficient (Wildman–Crippen LogP) is 1.68. The van der Waals surface area contributed by atoms with E-state index in [1.807, 2.05) is 0 Å². The highest BCUT2D eigenvalue weighted by Gasteiger charge is 2.09. The first-order chi connectivity index (χ1) is 8.11. The third-order valence-corrected chi connectivity index (χ3v) is 3.37. The molecule has 0 amide bonds. The zero-order valence-corrected chi connectivity index (χ0v) is 12.0. The third kappa shape index (κ3) is 5.59. The van der Waals surface area contributed by atoms with E-state index in [0.717, 1.165) is 32.0 Å². The fourth-order valence-corrected chi connectivity index (χ4v) is 2.33. The van der Waals surface area contributed by atoms with Gasteiger partial charge in [0.05, 0.1) is 18.9 Å². The van der Waals surface area contributed by atoms with Gasteiger partial charge in [-0.1, -0.05) is 0 Å². The molecular formula is C12H23N3OS. The molecule has 98 valence electrons. The second kappa shape index (κ2) is 7.76. The lowest BCUT2D eigenvalue weighted by atomic mass is 10.1. The molecule has 4 nitrogen and oxygen atoms in total. The van der Waals surface area contributed by atoms with Crippen molar-refractivity contribution in [3.05, 3.63) is 16.6 Å². The second-order valence-electron chi connectivity index (χ2n) is 4.45. The SMILES string of the molecule is Cc1nscc1C(C)NCCOCCN(C)C. The van der Waals surface area contributed by atoms with Gasteiger partial charge < -0.3 is 15.0 Å². The lowest BCUT2D eigenvalue weighted by Gasteiger charge is -2.14. The molecule has 0 fully saturated rings. The van der Waals surface area contributed by atoms with Crippen molar-refractivity contribution in [2.75, 3.05) is 40.4 Å². The summed E-state index contributed by atoms with van der Waals surface area (Å²) in [5.41, 5.74) is 2.42. The highest BCUT2D eigenvalue weighted by molar-refractivity contribution is 7.03. The van der Waals surface area contributed by atoms with E-state index in [1.165, 1.54) is 17.1 Å². The van der Waals surface area contributed by atoms with Crippen LogP contribution in [0.1, 0.15) is 24.2 Å². The topological polar surface area (TPSA) is 37.4 Å². The average molecular weight is 257 g/mol. The number of aryl methyl sites for hydroxylation is 1. The minimum atomic E-state index is 0.353. The maximum Gasteiger partial charge on any atom is 0.0593 e. The standard InChI is InChI=1S/C12H23N3OS/c1-10(12-9-17-14-11(12)2)13-5-7-16-8-6-15(3)4/h9-10,13H,5-8H2,1-4H3. The maximum atomic E-state index is 5.53. The van der Waals surface area contributed by atoms with Crippen LogP contribution in [0.2, 0.25) is 0 Å². The number of nitrogens with one attached hydrogen (secondary N) is 1. The Morgan fingerprint density at radius 3 is 2.82 bits per heavy atom. The van der Waals surface area contributed by atoms with Gasteiger partial charge in [0.1, 0.15) is 0 Å². The molecule has 0 aliphatic carbocycles. The molecule has 1 atom stereocenters. The minimum Gasteiger partial charge on any atom is -0.379 e. The van der Waals surface area contributed by atoms with Gasteiger partial charge in [-0.2, -0.15) is 4.37 Å². The number of rotatable bonds is 8. The summed E-state index contributed by atoms with van der Waals surface area (Å²) >= 11 is 1.52. The maximum absolute atomic E-state index is 5.53. The van der Waals surface area contributed by atoms with Crippen molar-refractivity contribution in [3.63, 3.8) is 0 Å². The first-order valence-electron chi connectivity index (χ1n) is 5.98. The van der Waals surface area contributed by atoms with Gasteiger partial charge in [0.15, 0.2) is 0 Å². The van der Waals surface area contributed by atoms with Crippen molar-refractivity contribution in [3.8, 4) is 0 Å². The van der Waals surface area contributed by atoms with E-state index in [0.29, 0.717) is 6.04 Å². The molecule has 0 radical (unpaired) electrons. The van der Waals surface area contributed by atoms with Crippen LogP contribution in [0.25, 0.3) is 0 Å². The summed E-state index contributed by atoms with van der Waals surface area (Å²) in [6.45, 7) is 7.62. The number of hydrogen-bond donors (Lipinski definition) is 1. The smallest absolute Gasteiger partial charge is 0.0593 e. The molecule has 0 saturated carbocycles. The summed E-state index contributed by atoms with van der Waals surface area (Å²) in [6, 6.07) is 0.353. The molecule has 1 rings (SSSR count). The molecule has 1 unspecified atom stereocenters. The molecule has 0 bridgehead atoms. The average Bonchev–Trinajstić information content (AvgIpc) is 2.69. The Kier molecular flexibility index (Phi) is 6.65. The van der Waals surface area contributed by atoms with Crippen LogP contribution in [0.3, 0.4) is 0 Å². The largest absolute Gasteiger partial charge is 0.379 e. The van der Waals surface area contributed by atoms with E-state index in [4.69, 9.17) is 4.74 Å². The molecular weight excluding hydrogens is 234 g/mol. The second-order valence-corrected chi connectivity index (χ2v) is 5.08. The van der Waals surface area contributed by atoms with Crippen LogP contribution in [0.15, 0.2) is 5.38 Å². The van der Waals surface area contributed by atoms with E-state index in [9.17, 15) is 0 Å². The zero-order valence-electron chi connectivity index (χ0n) is 11.2. The number of ether oxygens (including phenoxy) is 1. The molecule has 0 aliphatic rings. The number of hydrogen-bond acceptors (Lipinski definition) is 5. The Bertz CT molecular complexity index is 314. The van der Waals surface area contributed by atoms with E-state index >= 15 is 0 Å². The van der Waals surface area contributed by atoms with Crippen LogP contribution in [-0.2, 0) is 4.74 Å². The molecule has 0 aliphatic heterocycles. The van der Waals surface area contributed by atoms with Gasteiger partial charge >= 0.3 is 0 Å².